The smallest absolute Gasteiger partial charge is 0.266 e. The Morgan fingerprint density at radius 2 is 1.94 bits per heavy atom. The third kappa shape index (κ3) is 6.51. The number of rotatable bonds is 8. The van der Waals surface area contributed by atoms with Crippen molar-refractivity contribution < 1.29 is 18.7 Å². The van der Waals surface area contributed by atoms with E-state index in [4.69, 9.17) is 32.7 Å². The molecular weight excluding hydrogens is 546 g/mol. The van der Waals surface area contributed by atoms with E-state index >= 15 is 0 Å². The van der Waals surface area contributed by atoms with Gasteiger partial charge in [0.25, 0.3) is 5.91 Å². The Bertz CT molecular complexity index is 1290. The summed E-state index contributed by atoms with van der Waals surface area (Å²) < 4.78 is 26.0. The molecule has 0 atom stereocenters. The standard InChI is InChI=1S/C25H18BrCl2FN2O3/c1-2-33-23-11-15(10-19(26)24(23)34-14-16-5-3-4-6-21(16)29)9-17(13-30)25(32)31-22-12-18(27)7-8-20(22)28/h3-12H,2,14H2,1H3,(H,31,32)/b17-9+. The molecule has 0 radical (unpaired) electrons. The predicted octanol–water partition coefficient (Wildman–Crippen LogP) is 7.42. The minimum Gasteiger partial charge on any atom is -0.490 e. The van der Waals surface area contributed by atoms with Crippen molar-refractivity contribution in [3.05, 3.63) is 91.6 Å². The van der Waals surface area contributed by atoms with Gasteiger partial charge in [-0.05, 0) is 70.9 Å². The van der Waals surface area contributed by atoms with Crippen LogP contribution < -0.4 is 14.8 Å². The Morgan fingerprint density at radius 3 is 2.65 bits per heavy atom. The zero-order valence-corrected chi connectivity index (χ0v) is 21.0. The Kier molecular flexibility index (Phi) is 8.94. The number of carbonyl (C=O) groups is 1. The number of nitrogens with one attached hydrogen (secondary N) is 1. The van der Waals surface area contributed by atoms with Gasteiger partial charge in [-0.3, -0.25) is 4.79 Å². The van der Waals surface area contributed by atoms with Crippen molar-refractivity contribution in [2.45, 2.75) is 13.5 Å². The number of hydrogen-bond donors (Lipinski definition) is 1. The van der Waals surface area contributed by atoms with Crippen LogP contribution in [0.3, 0.4) is 0 Å². The Morgan fingerprint density at radius 1 is 1.18 bits per heavy atom. The molecule has 3 aromatic rings. The van der Waals surface area contributed by atoms with E-state index in [1.54, 1.807) is 49.4 Å². The molecule has 3 aromatic carbocycles. The van der Waals surface area contributed by atoms with E-state index in [9.17, 15) is 14.4 Å². The summed E-state index contributed by atoms with van der Waals surface area (Å²) in [6.45, 7) is 2.14. The Labute approximate surface area is 214 Å². The Balaban J connectivity index is 1.87. The van der Waals surface area contributed by atoms with Crippen LogP contribution in [-0.2, 0) is 11.4 Å². The molecule has 0 saturated heterocycles. The maximum absolute atomic E-state index is 14.0. The Hall–Kier alpha value is -3.05. The summed E-state index contributed by atoms with van der Waals surface area (Å²) in [4.78, 5) is 12.7. The summed E-state index contributed by atoms with van der Waals surface area (Å²) >= 11 is 15.5. The van der Waals surface area contributed by atoms with Crippen molar-refractivity contribution in [1.29, 1.82) is 5.26 Å². The largest absolute Gasteiger partial charge is 0.490 e. The number of carbonyl (C=O) groups excluding carboxylic acids is 1. The third-order valence-corrected chi connectivity index (χ3v) is 5.67. The maximum Gasteiger partial charge on any atom is 0.266 e. The van der Waals surface area contributed by atoms with Crippen LogP contribution in [0.4, 0.5) is 10.1 Å². The van der Waals surface area contributed by atoms with Gasteiger partial charge in [-0.15, -0.1) is 0 Å². The van der Waals surface area contributed by atoms with E-state index in [1.807, 2.05) is 6.07 Å². The number of nitrogens with zero attached hydrogens (tertiary/aromatic N) is 1. The summed E-state index contributed by atoms with van der Waals surface area (Å²) in [6, 6.07) is 16.1. The van der Waals surface area contributed by atoms with Gasteiger partial charge in [0.1, 0.15) is 24.1 Å². The van der Waals surface area contributed by atoms with Crippen LogP contribution in [0.2, 0.25) is 10.0 Å². The van der Waals surface area contributed by atoms with E-state index in [0.29, 0.717) is 38.7 Å². The second kappa shape index (κ2) is 11.9. The molecule has 9 heteroatoms. The molecule has 0 aliphatic carbocycles. The molecule has 3 rings (SSSR count). The van der Waals surface area contributed by atoms with Gasteiger partial charge in [0, 0.05) is 10.6 Å². The lowest BCUT2D eigenvalue weighted by atomic mass is 10.1. The molecule has 174 valence electrons. The quantitative estimate of drug-likeness (QED) is 0.229. The first-order chi connectivity index (χ1) is 16.3. The molecule has 34 heavy (non-hydrogen) atoms. The van der Waals surface area contributed by atoms with E-state index in [0.717, 1.165) is 0 Å². The van der Waals surface area contributed by atoms with Crippen molar-refractivity contribution in [3.8, 4) is 17.6 Å². The number of nitriles is 1. The first-order valence-corrected chi connectivity index (χ1v) is 11.6. The molecule has 0 aliphatic rings. The lowest BCUT2D eigenvalue weighted by Gasteiger charge is -2.15. The zero-order chi connectivity index (χ0) is 24.7. The first kappa shape index (κ1) is 25.6. The summed E-state index contributed by atoms with van der Waals surface area (Å²) in [5.74, 6) is -0.285. The molecule has 1 N–H and O–H groups in total. The van der Waals surface area contributed by atoms with Crippen LogP contribution in [0.15, 0.2) is 64.6 Å². The van der Waals surface area contributed by atoms with Crippen LogP contribution in [0.1, 0.15) is 18.1 Å². The average molecular weight is 564 g/mol. The van der Waals surface area contributed by atoms with Gasteiger partial charge in [0.05, 0.1) is 21.8 Å². The normalized spacial score (nSPS) is 11.0. The fourth-order valence-electron chi connectivity index (χ4n) is 2.94. The van der Waals surface area contributed by atoms with Crippen LogP contribution in [0.25, 0.3) is 6.08 Å². The van der Waals surface area contributed by atoms with Gasteiger partial charge in [0.15, 0.2) is 11.5 Å². The highest BCUT2D eigenvalue weighted by atomic mass is 79.9. The van der Waals surface area contributed by atoms with E-state index < -0.39 is 5.91 Å². The molecule has 5 nitrogen and oxygen atoms in total. The molecule has 0 aliphatic heterocycles. The summed E-state index contributed by atoms with van der Waals surface area (Å²) in [7, 11) is 0. The summed E-state index contributed by atoms with van der Waals surface area (Å²) in [6.07, 6.45) is 1.40. The first-order valence-electron chi connectivity index (χ1n) is 10.0. The van der Waals surface area contributed by atoms with Crippen molar-refractivity contribution in [2.24, 2.45) is 0 Å². The van der Waals surface area contributed by atoms with Gasteiger partial charge in [0.2, 0.25) is 0 Å². The monoisotopic (exact) mass is 562 g/mol. The van der Waals surface area contributed by atoms with Crippen LogP contribution in [0.5, 0.6) is 11.5 Å². The van der Waals surface area contributed by atoms with Crippen LogP contribution >= 0.6 is 39.1 Å². The van der Waals surface area contributed by atoms with Crippen molar-refractivity contribution in [2.75, 3.05) is 11.9 Å². The molecule has 0 aromatic heterocycles. The minimum atomic E-state index is -0.652. The maximum atomic E-state index is 14.0. The van der Waals surface area contributed by atoms with Crippen molar-refractivity contribution in [1.82, 2.24) is 0 Å². The molecule has 0 saturated carbocycles. The average Bonchev–Trinajstić information content (AvgIpc) is 2.80. The van der Waals surface area contributed by atoms with Gasteiger partial charge in [-0.1, -0.05) is 41.4 Å². The molecule has 0 fully saturated rings. The molecule has 0 heterocycles. The van der Waals surface area contributed by atoms with Crippen LogP contribution in [-0.4, -0.2) is 12.5 Å². The topological polar surface area (TPSA) is 71.3 Å². The second-order valence-corrected chi connectivity index (χ2v) is 8.59. The van der Waals surface area contributed by atoms with E-state index in [-0.39, 0.29) is 28.7 Å². The summed E-state index contributed by atoms with van der Waals surface area (Å²) in [5.41, 5.74) is 1.03. The predicted molar refractivity (Wildman–Crippen MR) is 135 cm³/mol. The highest BCUT2D eigenvalue weighted by molar-refractivity contribution is 9.10. The lowest BCUT2D eigenvalue weighted by molar-refractivity contribution is -0.112. The van der Waals surface area contributed by atoms with E-state index in [1.165, 1.54) is 18.2 Å². The van der Waals surface area contributed by atoms with Crippen molar-refractivity contribution in [3.63, 3.8) is 0 Å². The van der Waals surface area contributed by atoms with E-state index in [2.05, 4.69) is 21.2 Å². The number of anilines is 1. The lowest BCUT2D eigenvalue weighted by Crippen LogP contribution is -2.13. The second-order valence-electron chi connectivity index (χ2n) is 6.89. The number of halogens is 4. The molecule has 0 spiro atoms. The highest BCUT2D eigenvalue weighted by Crippen LogP contribution is 2.38. The van der Waals surface area contributed by atoms with Gasteiger partial charge in [-0.25, -0.2) is 4.39 Å². The SMILES string of the molecule is CCOc1cc(/C=C(\C#N)C(=O)Nc2cc(Cl)ccc2Cl)cc(Br)c1OCc1ccccc1F. The molecule has 1 amide bonds. The highest BCUT2D eigenvalue weighted by Gasteiger charge is 2.16. The van der Waals surface area contributed by atoms with Crippen LogP contribution in [0, 0.1) is 17.1 Å². The third-order valence-electron chi connectivity index (χ3n) is 4.51. The fourth-order valence-corrected chi connectivity index (χ4v) is 3.85. The number of amides is 1. The summed E-state index contributed by atoms with van der Waals surface area (Å²) in [5, 5.41) is 12.8. The number of hydrogen-bond acceptors (Lipinski definition) is 4. The minimum absolute atomic E-state index is 0.00716. The number of ether oxygens (including phenoxy) is 2. The zero-order valence-electron chi connectivity index (χ0n) is 17.9. The fraction of sp³-hybridized carbons (Fsp3) is 0.120. The van der Waals surface area contributed by atoms with Gasteiger partial charge >= 0.3 is 0 Å². The van der Waals surface area contributed by atoms with Crippen molar-refractivity contribution >= 4 is 56.8 Å². The van der Waals surface area contributed by atoms with Gasteiger partial charge in [-0.2, -0.15) is 5.26 Å². The molecule has 0 bridgehead atoms. The number of benzene rings is 3. The van der Waals surface area contributed by atoms with Gasteiger partial charge < -0.3 is 14.8 Å². The molecular formula is C25H18BrCl2FN2O3. The molecule has 0 unspecified atom stereocenters.